The minimum atomic E-state index is -0.903. The molecule has 0 amide bonds. The van der Waals surface area contributed by atoms with Crippen LogP contribution in [0.5, 0.6) is 5.75 Å². The van der Waals surface area contributed by atoms with Gasteiger partial charge in [-0.1, -0.05) is 22.0 Å². The third-order valence-corrected chi connectivity index (χ3v) is 3.65. The standard InChI is InChI=1S/C16H15BrF2O2/c1-21-16-5-3-12(17)8-11(16)9-13(20)6-10-2-4-14(18)15(19)7-10/h2-5,7-8,13,20H,6,9H2,1H3. The van der Waals surface area contributed by atoms with Gasteiger partial charge in [0.15, 0.2) is 11.6 Å². The van der Waals surface area contributed by atoms with Gasteiger partial charge in [-0.15, -0.1) is 0 Å². The highest BCUT2D eigenvalue weighted by molar-refractivity contribution is 9.10. The fourth-order valence-corrected chi connectivity index (χ4v) is 2.58. The molecular formula is C16H15BrF2O2. The number of aliphatic hydroxyl groups is 1. The van der Waals surface area contributed by atoms with Crippen LogP contribution >= 0.6 is 15.9 Å². The molecule has 2 rings (SSSR count). The van der Waals surface area contributed by atoms with E-state index in [0.717, 1.165) is 22.2 Å². The Morgan fingerprint density at radius 2 is 1.86 bits per heavy atom. The van der Waals surface area contributed by atoms with E-state index in [0.29, 0.717) is 17.7 Å². The van der Waals surface area contributed by atoms with E-state index in [4.69, 9.17) is 4.74 Å². The van der Waals surface area contributed by atoms with E-state index in [9.17, 15) is 13.9 Å². The van der Waals surface area contributed by atoms with E-state index in [2.05, 4.69) is 15.9 Å². The van der Waals surface area contributed by atoms with Gasteiger partial charge in [0.25, 0.3) is 0 Å². The molecule has 0 aromatic heterocycles. The Morgan fingerprint density at radius 1 is 1.10 bits per heavy atom. The van der Waals surface area contributed by atoms with Gasteiger partial charge < -0.3 is 9.84 Å². The van der Waals surface area contributed by atoms with E-state index < -0.39 is 17.7 Å². The van der Waals surface area contributed by atoms with Gasteiger partial charge >= 0.3 is 0 Å². The number of ether oxygens (including phenoxy) is 1. The third-order valence-electron chi connectivity index (χ3n) is 3.15. The minimum absolute atomic E-state index is 0.243. The first-order valence-corrected chi connectivity index (χ1v) is 7.23. The maximum Gasteiger partial charge on any atom is 0.159 e. The summed E-state index contributed by atoms with van der Waals surface area (Å²) in [5.74, 6) is -1.11. The van der Waals surface area contributed by atoms with Crippen LogP contribution in [-0.2, 0) is 12.8 Å². The van der Waals surface area contributed by atoms with E-state index in [-0.39, 0.29) is 6.42 Å². The van der Waals surface area contributed by atoms with Gasteiger partial charge in [0, 0.05) is 10.9 Å². The van der Waals surface area contributed by atoms with Crippen LogP contribution in [0.3, 0.4) is 0 Å². The lowest BCUT2D eigenvalue weighted by Gasteiger charge is -2.14. The molecule has 0 bridgehead atoms. The largest absolute Gasteiger partial charge is 0.496 e. The van der Waals surface area contributed by atoms with Crippen molar-refractivity contribution in [1.29, 1.82) is 0 Å². The smallest absolute Gasteiger partial charge is 0.159 e. The molecule has 0 fully saturated rings. The number of hydrogen-bond donors (Lipinski definition) is 1. The Balaban J connectivity index is 2.09. The van der Waals surface area contributed by atoms with Gasteiger partial charge in [0.05, 0.1) is 13.2 Å². The Hall–Kier alpha value is -1.46. The maximum atomic E-state index is 13.1. The van der Waals surface area contributed by atoms with Crippen LogP contribution in [0.25, 0.3) is 0 Å². The number of halogens is 3. The molecule has 1 atom stereocenters. The second-order valence-corrected chi connectivity index (χ2v) is 5.68. The molecule has 0 saturated carbocycles. The second-order valence-electron chi connectivity index (χ2n) is 4.77. The predicted molar refractivity (Wildman–Crippen MR) is 80.5 cm³/mol. The van der Waals surface area contributed by atoms with Gasteiger partial charge in [-0.25, -0.2) is 8.78 Å². The highest BCUT2D eigenvalue weighted by atomic mass is 79.9. The number of hydrogen-bond acceptors (Lipinski definition) is 2. The van der Waals surface area contributed by atoms with E-state index in [1.165, 1.54) is 6.07 Å². The molecule has 0 saturated heterocycles. The summed E-state index contributed by atoms with van der Waals surface area (Å²) in [6.45, 7) is 0. The van der Waals surface area contributed by atoms with Crippen molar-refractivity contribution >= 4 is 15.9 Å². The van der Waals surface area contributed by atoms with Crippen molar-refractivity contribution in [2.45, 2.75) is 18.9 Å². The molecule has 2 aromatic carbocycles. The first kappa shape index (κ1) is 15.9. The van der Waals surface area contributed by atoms with E-state index >= 15 is 0 Å². The summed E-state index contributed by atoms with van der Waals surface area (Å²) in [6, 6.07) is 9.18. The summed E-state index contributed by atoms with van der Waals surface area (Å²) in [5, 5.41) is 10.1. The fourth-order valence-electron chi connectivity index (χ4n) is 2.17. The average molecular weight is 357 g/mol. The zero-order valence-corrected chi connectivity index (χ0v) is 13.0. The molecule has 1 unspecified atom stereocenters. The van der Waals surface area contributed by atoms with Crippen LogP contribution < -0.4 is 4.74 Å². The Bertz CT molecular complexity index is 632. The molecule has 0 radical (unpaired) electrons. The summed E-state index contributed by atoms with van der Waals surface area (Å²) < 4.78 is 32.1. The Morgan fingerprint density at radius 3 is 2.52 bits per heavy atom. The monoisotopic (exact) mass is 356 g/mol. The first-order chi connectivity index (χ1) is 9.99. The third kappa shape index (κ3) is 4.25. The first-order valence-electron chi connectivity index (χ1n) is 6.44. The zero-order chi connectivity index (χ0) is 15.4. The van der Waals surface area contributed by atoms with Gasteiger partial charge in [-0.2, -0.15) is 0 Å². The summed E-state index contributed by atoms with van der Waals surface area (Å²) in [7, 11) is 1.56. The van der Waals surface area contributed by atoms with Crippen molar-refractivity contribution in [1.82, 2.24) is 0 Å². The van der Waals surface area contributed by atoms with E-state index in [1.54, 1.807) is 7.11 Å². The molecule has 0 spiro atoms. The fraction of sp³-hybridized carbons (Fsp3) is 0.250. The van der Waals surface area contributed by atoms with Crippen LogP contribution in [0.4, 0.5) is 8.78 Å². The Labute approximate surface area is 130 Å². The molecule has 0 aliphatic heterocycles. The zero-order valence-electron chi connectivity index (χ0n) is 11.4. The van der Waals surface area contributed by atoms with Gasteiger partial charge in [-0.05, 0) is 47.9 Å². The van der Waals surface area contributed by atoms with Crippen LogP contribution in [-0.4, -0.2) is 18.3 Å². The molecule has 2 aromatic rings. The topological polar surface area (TPSA) is 29.5 Å². The van der Waals surface area contributed by atoms with Crippen LogP contribution in [0.15, 0.2) is 40.9 Å². The quantitative estimate of drug-likeness (QED) is 0.880. The minimum Gasteiger partial charge on any atom is -0.496 e. The number of aliphatic hydroxyl groups excluding tert-OH is 1. The lowest BCUT2D eigenvalue weighted by molar-refractivity contribution is 0.174. The summed E-state index contributed by atoms with van der Waals surface area (Å²) >= 11 is 3.37. The average Bonchev–Trinajstić information content (AvgIpc) is 2.43. The van der Waals surface area contributed by atoms with E-state index in [1.807, 2.05) is 18.2 Å². The molecule has 0 aliphatic carbocycles. The molecule has 1 N–H and O–H groups in total. The molecule has 2 nitrogen and oxygen atoms in total. The second kappa shape index (κ2) is 7.00. The molecule has 0 aliphatic rings. The molecule has 21 heavy (non-hydrogen) atoms. The van der Waals surface area contributed by atoms with Crippen molar-refractivity contribution in [3.05, 3.63) is 63.6 Å². The van der Waals surface area contributed by atoms with Crippen LogP contribution in [0, 0.1) is 11.6 Å². The maximum absolute atomic E-state index is 13.1. The van der Waals surface area contributed by atoms with Crippen molar-refractivity contribution in [2.75, 3.05) is 7.11 Å². The number of benzene rings is 2. The van der Waals surface area contributed by atoms with Crippen LogP contribution in [0.2, 0.25) is 0 Å². The lowest BCUT2D eigenvalue weighted by atomic mass is 10.0. The van der Waals surface area contributed by atoms with Crippen molar-refractivity contribution < 1.29 is 18.6 Å². The highest BCUT2D eigenvalue weighted by Gasteiger charge is 2.12. The number of methoxy groups -OCH3 is 1. The highest BCUT2D eigenvalue weighted by Crippen LogP contribution is 2.25. The Kier molecular flexibility index (Phi) is 5.31. The van der Waals surface area contributed by atoms with Crippen molar-refractivity contribution in [3.63, 3.8) is 0 Å². The predicted octanol–water partition coefficient (Wildman–Crippen LogP) is 3.88. The van der Waals surface area contributed by atoms with Gasteiger partial charge in [0.2, 0.25) is 0 Å². The lowest BCUT2D eigenvalue weighted by Crippen LogP contribution is -2.14. The summed E-state index contributed by atoms with van der Waals surface area (Å²) in [4.78, 5) is 0. The normalized spacial score (nSPS) is 12.2. The van der Waals surface area contributed by atoms with Crippen molar-refractivity contribution in [3.8, 4) is 5.75 Å². The van der Waals surface area contributed by atoms with Crippen molar-refractivity contribution in [2.24, 2.45) is 0 Å². The van der Waals surface area contributed by atoms with Gasteiger partial charge in [0.1, 0.15) is 5.75 Å². The molecule has 112 valence electrons. The molecule has 0 heterocycles. The number of rotatable bonds is 5. The van der Waals surface area contributed by atoms with Crippen LogP contribution in [0.1, 0.15) is 11.1 Å². The molecular weight excluding hydrogens is 342 g/mol. The molecule has 5 heteroatoms. The summed E-state index contributed by atoms with van der Waals surface area (Å²) in [5.41, 5.74) is 1.40. The SMILES string of the molecule is COc1ccc(Br)cc1CC(O)Cc1ccc(F)c(F)c1. The summed E-state index contributed by atoms with van der Waals surface area (Å²) in [6.07, 6.45) is -0.104. The van der Waals surface area contributed by atoms with Gasteiger partial charge in [-0.3, -0.25) is 0 Å².